The highest BCUT2D eigenvalue weighted by Gasteiger charge is 2.47. The van der Waals surface area contributed by atoms with Crippen LogP contribution in [-0.4, -0.2) is 40.4 Å². The largest absolute Gasteiger partial charge is 0.468 e. The van der Waals surface area contributed by atoms with Crippen LogP contribution in [0.4, 0.5) is 0 Å². The first-order valence-electron chi connectivity index (χ1n) is 4.07. The minimum Gasteiger partial charge on any atom is -0.468 e. The summed E-state index contributed by atoms with van der Waals surface area (Å²) >= 11 is 1.96. The van der Waals surface area contributed by atoms with Crippen molar-refractivity contribution in [3.63, 3.8) is 0 Å². The number of ether oxygens (including phenoxy) is 2. The summed E-state index contributed by atoms with van der Waals surface area (Å²) in [5.74, 6) is -0.362. The molecule has 0 aromatic heterocycles. The van der Waals surface area contributed by atoms with Crippen molar-refractivity contribution < 1.29 is 19.4 Å². The molecule has 0 saturated carbocycles. The molecule has 0 amide bonds. The summed E-state index contributed by atoms with van der Waals surface area (Å²) in [5, 5.41) is 9.53. The SMILES string of the molecule is COC(=O)[C@@](C)(I)C1OCCC1O. The number of hydrogen-bond donors (Lipinski definition) is 1. The maximum absolute atomic E-state index is 11.3. The Morgan fingerprint density at radius 1 is 1.77 bits per heavy atom. The molecule has 0 aromatic carbocycles. The number of aliphatic hydroxyl groups is 1. The molecule has 0 radical (unpaired) electrons. The molecular weight excluding hydrogens is 287 g/mol. The van der Waals surface area contributed by atoms with E-state index in [2.05, 4.69) is 4.74 Å². The van der Waals surface area contributed by atoms with Gasteiger partial charge in [-0.15, -0.1) is 0 Å². The second-order valence-electron chi connectivity index (χ2n) is 3.21. The molecule has 1 rings (SSSR count). The van der Waals surface area contributed by atoms with Gasteiger partial charge in [0.15, 0.2) is 0 Å². The van der Waals surface area contributed by atoms with E-state index in [1.807, 2.05) is 22.6 Å². The van der Waals surface area contributed by atoms with Gasteiger partial charge in [-0.25, -0.2) is 0 Å². The fourth-order valence-electron chi connectivity index (χ4n) is 1.41. The highest BCUT2D eigenvalue weighted by Crippen LogP contribution is 2.33. The molecule has 0 aromatic rings. The van der Waals surface area contributed by atoms with Crippen LogP contribution in [0.15, 0.2) is 0 Å². The quantitative estimate of drug-likeness (QED) is 0.458. The molecule has 1 N–H and O–H groups in total. The van der Waals surface area contributed by atoms with Crippen LogP contribution in [-0.2, 0) is 14.3 Å². The molecule has 5 heteroatoms. The Hall–Kier alpha value is 0.120. The number of esters is 1. The van der Waals surface area contributed by atoms with E-state index in [0.717, 1.165) is 0 Å². The standard InChI is InChI=1S/C8H13IO4/c1-8(9,7(11)12-2)6-5(10)3-4-13-6/h5-6,10H,3-4H2,1-2H3/t5?,6?,8-/m0/s1. The van der Waals surface area contributed by atoms with Gasteiger partial charge in [-0.2, -0.15) is 0 Å². The Kier molecular flexibility index (Phi) is 3.53. The third-order valence-electron chi connectivity index (χ3n) is 2.18. The molecule has 0 bridgehead atoms. The molecule has 4 nitrogen and oxygen atoms in total. The maximum Gasteiger partial charge on any atom is 0.324 e. The first-order valence-corrected chi connectivity index (χ1v) is 5.15. The summed E-state index contributed by atoms with van der Waals surface area (Å²) in [5.41, 5.74) is 0. The molecule has 0 aliphatic carbocycles. The number of carbonyl (C=O) groups excluding carboxylic acids is 1. The van der Waals surface area contributed by atoms with Crippen LogP contribution in [0.5, 0.6) is 0 Å². The lowest BCUT2D eigenvalue weighted by Crippen LogP contribution is -2.46. The van der Waals surface area contributed by atoms with Crippen LogP contribution in [0.2, 0.25) is 0 Å². The predicted molar refractivity (Wildman–Crippen MR) is 54.8 cm³/mol. The van der Waals surface area contributed by atoms with Gasteiger partial charge in [-0.3, -0.25) is 4.79 Å². The van der Waals surface area contributed by atoms with Crippen molar-refractivity contribution in [2.45, 2.75) is 29.0 Å². The summed E-state index contributed by atoms with van der Waals surface area (Å²) < 4.78 is 9.13. The molecule has 13 heavy (non-hydrogen) atoms. The van der Waals surface area contributed by atoms with E-state index in [0.29, 0.717) is 13.0 Å². The van der Waals surface area contributed by atoms with Crippen molar-refractivity contribution in [2.24, 2.45) is 0 Å². The fourth-order valence-corrected chi connectivity index (χ4v) is 2.23. The fraction of sp³-hybridized carbons (Fsp3) is 0.875. The van der Waals surface area contributed by atoms with E-state index in [9.17, 15) is 9.90 Å². The maximum atomic E-state index is 11.3. The van der Waals surface area contributed by atoms with Crippen LogP contribution < -0.4 is 0 Å². The molecule has 2 unspecified atom stereocenters. The van der Waals surface area contributed by atoms with Crippen molar-refractivity contribution in [3.05, 3.63) is 0 Å². The van der Waals surface area contributed by atoms with Crippen LogP contribution in [0.25, 0.3) is 0 Å². The van der Waals surface area contributed by atoms with Crippen molar-refractivity contribution in [1.82, 2.24) is 0 Å². The van der Waals surface area contributed by atoms with Gasteiger partial charge in [-0.1, -0.05) is 22.6 Å². The number of hydrogen-bond acceptors (Lipinski definition) is 4. The molecule has 76 valence electrons. The van der Waals surface area contributed by atoms with E-state index < -0.39 is 15.6 Å². The van der Waals surface area contributed by atoms with Gasteiger partial charge in [-0.05, 0) is 13.3 Å². The number of carbonyl (C=O) groups is 1. The van der Waals surface area contributed by atoms with Crippen LogP contribution in [0.3, 0.4) is 0 Å². The molecule has 1 aliphatic rings. The topological polar surface area (TPSA) is 55.8 Å². The van der Waals surface area contributed by atoms with Crippen LogP contribution >= 0.6 is 22.6 Å². The molecule has 1 saturated heterocycles. The molecule has 0 spiro atoms. The summed E-state index contributed by atoms with van der Waals surface area (Å²) in [7, 11) is 1.33. The Bertz CT molecular complexity index is 204. The minimum atomic E-state index is -0.803. The number of aliphatic hydroxyl groups excluding tert-OH is 1. The minimum absolute atomic E-state index is 0.362. The zero-order valence-electron chi connectivity index (χ0n) is 7.62. The van der Waals surface area contributed by atoms with Crippen molar-refractivity contribution in [3.8, 4) is 0 Å². The van der Waals surface area contributed by atoms with E-state index in [4.69, 9.17) is 4.74 Å². The zero-order valence-corrected chi connectivity index (χ0v) is 9.78. The molecule has 1 fully saturated rings. The van der Waals surface area contributed by atoms with Crippen molar-refractivity contribution in [2.75, 3.05) is 13.7 Å². The molecule has 1 aliphatic heterocycles. The lowest BCUT2D eigenvalue weighted by molar-refractivity contribution is -0.147. The highest BCUT2D eigenvalue weighted by molar-refractivity contribution is 14.1. The van der Waals surface area contributed by atoms with Crippen LogP contribution in [0.1, 0.15) is 13.3 Å². The summed E-state index contributed by atoms with van der Waals surface area (Å²) in [4.78, 5) is 11.3. The van der Waals surface area contributed by atoms with Gasteiger partial charge in [0, 0.05) is 6.61 Å². The third kappa shape index (κ3) is 2.13. The number of halogens is 1. The third-order valence-corrected chi connectivity index (χ3v) is 3.23. The number of methoxy groups -OCH3 is 1. The van der Waals surface area contributed by atoms with E-state index in [-0.39, 0.29) is 5.97 Å². The Morgan fingerprint density at radius 3 is 2.77 bits per heavy atom. The first kappa shape index (κ1) is 11.2. The van der Waals surface area contributed by atoms with Gasteiger partial charge in [0.2, 0.25) is 0 Å². The summed E-state index contributed by atoms with van der Waals surface area (Å²) in [6, 6.07) is 0. The first-order chi connectivity index (χ1) is 6.00. The Balaban J connectivity index is 2.73. The van der Waals surface area contributed by atoms with Gasteiger partial charge in [0.1, 0.15) is 9.53 Å². The second-order valence-corrected chi connectivity index (χ2v) is 5.46. The monoisotopic (exact) mass is 300 g/mol. The lowest BCUT2D eigenvalue weighted by atomic mass is 10.00. The van der Waals surface area contributed by atoms with Gasteiger partial charge in [0.05, 0.1) is 13.2 Å². The van der Waals surface area contributed by atoms with Gasteiger partial charge in [0.25, 0.3) is 0 Å². The summed E-state index contributed by atoms with van der Waals surface area (Å²) in [6.07, 6.45) is -0.443. The lowest BCUT2D eigenvalue weighted by Gasteiger charge is -2.27. The average molecular weight is 300 g/mol. The smallest absolute Gasteiger partial charge is 0.324 e. The molecule has 3 atom stereocenters. The Morgan fingerprint density at radius 2 is 2.38 bits per heavy atom. The average Bonchev–Trinajstić information content (AvgIpc) is 2.50. The Labute approximate surface area is 90.7 Å². The van der Waals surface area contributed by atoms with E-state index in [1.54, 1.807) is 6.92 Å². The number of alkyl halides is 1. The van der Waals surface area contributed by atoms with Crippen molar-refractivity contribution >= 4 is 28.6 Å². The second kappa shape index (κ2) is 4.10. The van der Waals surface area contributed by atoms with Crippen molar-refractivity contribution in [1.29, 1.82) is 0 Å². The van der Waals surface area contributed by atoms with E-state index in [1.165, 1.54) is 7.11 Å². The number of rotatable bonds is 2. The zero-order chi connectivity index (χ0) is 10.1. The van der Waals surface area contributed by atoms with Gasteiger partial charge >= 0.3 is 5.97 Å². The normalized spacial score (nSPS) is 32.6. The van der Waals surface area contributed by atoms with Crippen LogP contribution in [0, 0.1) is 0 Å². The highest BCUT2D eigenvalue weighted by atomic mass is 127. The summed E-state index contributed by atoms with van der Waals surface area (Å²) in [6.45, 7) is 2.21. The van der Waals surface area contributed by atoms with E-state index >= 15 is 0 Å². The van der Waals surface area contributed by atoms with Gasteiger partial charge < -0.3 is 14.6 Å². The molecular formula is C8H13IO4. The predicted octanol–water partition coefficient (Wildman–Crippen LogP) is 0.503. The molecule has 1 heterocycles.